The summed E-state index contributed by atoms with van der Waals surface area (Å²) >= 11 is 1.74. The molecule has 2 amide bonds. The summed E-state index contributed by atoms with van der Waals surface area (Å²) in [5.74, 6) is 0.490. The predicted octanol–water partition coefficient (Wildman–Crippen LogP) is 3.38. The van der Waals surface area contributed by atoms with E-state index >= 15 is 0 Å². The van der Waals surface area contributed by atoms with Crippen LogP contribution in [-0.2, 0) is 6.54 Å². The van der Waals surface area contributed by atoms with Gasteiger partial charge in [0.2, 0.25) is 0 Å². The molecule has 3 heterocycles. The van der Waals surface area contributed by atoms with Gasteiger partial charge in [-0.25, -0.2) is 14.2 Å². The summed E-state index contributed by atoms with van der Waals surface area (Å²) in [7, 11) is 3.55. The number of amides is 2. The highest BCUT2D eigenvalue weighted by molar-refractivity contribution is 7.11. The molecule has 0 aliphatic carbocycles. The summed E-state index contributed by atoms with van der Waals surface area (Å²) in [4.78, 5) is 24.4. The number of nitrogens with zero attached hydrogens (tertiary/aromatic N) is 4. The van der Waals surface area contributed by atoms with Gasteiger partial charge in [-0.3, -0.25) is 4.90 Å². The summed E-state index contributed by atoms with van der Waals surface area (Å²) in [6, 6.07) is 6.65. The number of carbonyl (C=O) groups is 1. The third-order valence-electron chi connectivity index (χ3n) is 5.61. The fraction of sp³-hybridized carbons (Fsp3) is 0.500. The van der Waals surface area contributed by atoms with E-state index in [4.69, 9.17) is 0 Å². The Morgan fingerprint density at radius 3 is 2.81 bits per heavy atom. The average Bonchev–Trinajstić information content (AvgIpc) is 3.28. The summed E-state index contributed by atoms with van der Waals surface area (Å²) in [6.45, 7) is 5.53. The van der Waals surface area contributed by atoms with Crippen LogP contribution < -0.4 is 0 Å². The Hall–Kier alpha value is -1.99. The standard InChI is InChI=1S/C20H25FN4OS/c1-13-22-8-17(27-13)11-24-9-15-10-25(20(26)23(2)3)19(18(15)12-24)14-5-4-6-16(21)7-14/h4-8,15,18-19H,9-12H2,1-3H3/t15-,18-,19-/m1/s1. The fourth-order valence-corrected chi connectivity index (χ4v) is 5.37. The number of fused-ring (bicyclic) bond motifs is 1. The van der Waals surface area contributed by atoms with Crippen LogP contribution in [0, 0.1) is 24.6 Å². The second-order valence-electron chi connectivity index (χ2n) is 7.79. The fourth-order valence-electron chi connectivity index (χ4n) is 4.54. The molecule has 0 radical (unpaired) electrons. The van der Waals surface area contributed by atoms with E-state index in [1.807, 2.05) is 24.1 Å². The SMILES string of the molecule is Cc1ncc(CN2C[C@@H]3CN(C(=O)N(C)C)[C@H](c4cccc(F)c4)[C@@H]3C2)s1. The Balaban J connectivity index is 1.57. The maximum Gasteiger partial charge on any atom is 0.320 e. The molecule has 0 spiro atoms. The van der Waals surface area contributed by atoms with Crippen molar-refractivity contribution in [2.24, 2.45) is 11.8 Å². The number of aryl methyl sites for hydroxylation is 1. The van der Waals surface area contributed by atoms with Gasteiger partial charge in [0.25, 0.3) is 0 Å². The van der Waals surface area contributed by atoms with E-state index in [-0.39, 0.29) is 17.9 Å². The van der Waals surface area contributed by atoms with Gasteiger partial charge in [-0.15, -0.1) is 11.3 Å². The van der Waals surface area contributed by atoms with Crippen molar-refractivity contribution in [3.63, 3.8) is 0 Å². The molecule has 0 bridgehead atoms. The molecule has 2 fully saturated rings. The van der Waals surface area contributed by atoms with Crippen LogP contribution in [0.1, 0.15) is 21.5 Å². The Labute approximate surface area is 163 Å². The largest absolute Gasteiger partial charge is 0.331 e. The first-order valence-corrected chi connectivity index (χ1v) is 10.1. The molecule has 27 heavy (non-hydrogen) atoms. The van der Waals surface area contributed by atoms with Crippen LogP contribution in [0.4, 0.5) is 9.18 Å². The quantitative estimate of drug-likeness (QED) is 0.809. The zero-order valence-electron chi connectivity index (χ0n) is 15.9. The molecule has 2 aliphatic heterocycles. The first kappa shape index (κ1) is 18.4. The van der Waals surface area contributed by atoms with Crippen LogP contribution in [0.2, 0.25) is 0 Å². The van der Waals surface area contributed by atoms with Gasteiger partial charge >= 0.3 is 6.03 Å². The lowest BCUT2D eigenvalue weighted by Gasteiger charge is -2.31. The van der Waals surface area contributed by atoms with Crippen LogP contribution in [0.5, 0.6) is 0 Å². The van der Waals surface area contributed by atoms with E-state index in [9.17, 15) is 9.18 Å². The number of urea groups is 1. The molecule has 5 nitrogen and oxygen atoms in total. The van der Waals surface area contributed by atoms with Crippen LogP contribution in [-0.4, -0.2) is 59.4 Å². The molecular formula is C20H25FN4OS. The molecule has 2 saturated heterocycles. The van der Waals surface area contributed by atoms with Gasteiger partial charge in [-0.2, -0.15) is 0 Å². The van der Waals surface area contributed by atoms with Gasteiger partial charge in [0.05, 0.1) is 11.0 Å². The van der Waals surface area contributed by atoms with Gasteiger partial charge < -0.3 is 9.80 Å². The zero-order chi connectivity index (χ0) is 19.1. The second kappa shape index (κ2) is 7.20. The van der Waals surface area contributed by atoms with E-state index in [0.717, 1.165) is 36.8 Å². The van der Waals surface area contributed by atoms with Crippen LogP contribution in [0.3, 0.4) is 0 Å². The van der Waals surface area contributed by atoms with E-state index in [2.05, 4.69) is 9.88 Å². The minimum Gasteiger partial charge on any atom is -0.331 e. The number of hydrogen-bond acceptors (Lipinski definition) is 4. The molecule has 3 atom stereocenters. The minimum atomic E-state index is -0.247. The minimum absolute atomic E-state index is 0.00305. The predicted molar refractivity (Wildman–Crippen MR) is 104 cm³/mol. The third-order valence-corrected chi connectivity index (χ3v) is 6.50. The smallest absolute Gasteiger partial charge is 0.320 e. The first-order valence-electron chi connectivity index (χ1n) is 9.29. The lowest BCUT2D eigenvalue weighted by atomic mass is 9.89. The zero-order valence-corrected chi connectivity index (χ0v) is 16.7. The van der Waals surface area contributed by atoms with Crippen molar-refractivity contribution in [2.75, 3.05) is 33.7 Å². The molecule has 2 aliphatic rings. The van der Waals surface area contributed by atoms with E-state index < -0.39 is 0 Å². The van der Waals surface area contributed by atoms with Crippen molar-refractivity contribution in [3.8, 4) is 0 Å². The Morgan fingerprint density at radius 2 is 2.15 bits per heavy atom. The van der Waals surface area contributed by atoms with Gasteiger partial charge in [-0.1, -0.05) is 12.1 Å². The maximum absolute atomic E-state index is 13.9. The highest BCUT2D eigenvalue weighted by Crippen LogP contribution is 2.45. The Morgan fingerprint density at radius 1 is 1.33 bits per heavy atom. The number of aromatic nitrogens is 1. The number of carbonyl (C=O) groups excluding carboxylic acids is 1. The molecule has 144 valence electrons. The molecule has 4 rings (SSSR count). The number of thiazole rings is 1. The van der Waals surface area contributed by atoms with Crippen molar-refractivity contribution >= 4 is 17.4 Å². The molecular weight excluding hydrogens is 363 g/mol. The van der Waals surface area contributed by atoms with Crippen LogP contribution in [0.15, 0.2) is 30.5 Å². The number of benzene rings is 1. The monoisotopic (exact) mass is 388 g/mol. The van der Waals surface area contributed by atoms with Gasteiger partial charge in [-0.05, 0) is 30.5 Å². The normalized spacial score (nSPS) is 25.0. The number of hydrogen-bond donors (Lipinski definition) is 0. The van der Waals surface area contributed by atoms with Gasteiger partial charge in [0.1, 0.15) is 5.82 Å². The average molecular weight is 389 g/mol. The molecule has 0 unspecified atom stereocenters. The molecule has 1 aromatic heterocycles. The highest BCUT2D eigenvalue weighted by atomic mass is 32.1. The van der Waals surface area contributed by atoms with Crippen LogP contribution >= 0.6 is 11.3 Å². The Bertz CT molecular complexity index is 839. The lowest BCUT2D eigenvalue weighted by Crippen LogP contribution is -2.41. The topological polar surface area (TPSA) is 39.7 Å². The molecule has 0 saturated carbocycles. The number of halogens is 1. The van der Waals surface area contributed by atoms with Crippen molar-refractivity contribution in [1.29, 1.82) is 0 Å². The van der Waals surface area contributed by atoms with Crippen molar-refractivity contribution in [3.05, 3.63) is 51.7 Å². The summed E-state index contributed by atoms with van der Waals surface area (Å²) < 4.78 is 13.9. The van der Waals surface area contributed by atoms with E-state index in [0.29, 0.717) is 11.8 Å². The summed E-state index contributed by atoms with van der Waals surface area (Å²) in [6.07, 6.45) is 1.96. The third kappa shape index (κ3) is 3.58. The van der Waals surface area contributed by atoms with Crippen molar-refractivity contribution < 1.29 is 9.18 Å². The van der Waals surface area contributed by atoms with E-state index in [1.165, 1.54) is 10.9 Å². The van der Waals surface area contributed by atoms with Gasteiger partial charge in [0.15, 0.2) is 0 Å². The summed E-state index contributed by atoms with van der Waals surface area (Å²) in [5, 5.41) is 1.09. The molecule has 2 aromatic rings. The maximum atomic E-state index is 13.9. The molecule has 1 aromatic carbocycles. The van der Waals surface area contributed by atoms with Gasteiger partial charge in [0, 0.05) is 57.3 Å². The Kier molecular flexibility index (Phi) is 4.90. The van der Waals surface area contributed by atoms with Crippen molar-refractivity contribution in [1.82, 2.24) is 19.7 Å². The van der Waals surface area contributed by atoms with Crippen molar-refractivity contribution in [2.45, 2.75) is 19.5 Å². The first-order chi connectivity index (χ1) is 12.9. The lowest BCUT2D eigenvalue weighted by molar-refractivity contribution is 0.151. The molecule has 0 N–H and O–H groups in total. The highest BCUT2D eigenvalue weighted by Gasteiger charge is 2.49. The summed E-state index contributed by atoms with van der Waals surface area (Å²) in [5.41, 5.74) is 0.896. The second-order valence-corrected chi connectivity index (χ2v) is 9.11. The number of rotatable bonds is 3. The number of likely N-dealkylation sites (tertiary alicyclic amines) is 2. The molecule has 7 heteroatoms. The van der Waals surface area contributed by atoms with Crippen LogP contribution in [0.25, 0.3) is 0 Å². The van der Waals surface area contributed by atoms with E-state index in [1.54, 1.807) is 42.5 Å².